The van der Waals surface area contributed by atoms with Crippen LogP contribution in [-0.4, -0.2) is 16.3 Å². The number of nitrogens with one attached hydrogen (secondary N) is 1. The van der Waals surface area contributed by atoms with Gasteiger partial charge < -0.3 is 5.32 Å². The second kappa shape index (κ2) is 7.18. The van der Waals surface area contributed by atoms with E-state index >= 15 is 0 Å². The van der Waals surface area contributed by atoms with Crippen LogP contribution in [0, 0.1) is 18.7 Å². The van der Waals surface area contributed by atoms with Gasteiger partial charge in [-0.1, -0.05) is 35.8 Å². The number of nitrogens with zero attached hydrogens (tertiary/aromatic N) is 2. The summed E-state index contributed by atoms with van der Waals surface area (Å²) < 4.78 is 15.8. The van der Waals surface area contributed by atoms with Gasteiger partial charge in [-0.15, -0.1) is 0 Å². The molecular weight excluding hydrogens is 333 g/mol. The molecule has 1 heterocycles. The average Bonchev–Trinajstić information content (AvgIpc) is 2.73. The van der Waals surface area contributed by atoms with Gasteiger partial charge in [-0.25, -0.2) is 4.39 Å². The fourth-order valence-electron chi connectivity index (χ4n) is 2.13. The van der Waals surface area contributed by atoms with Crippen molar-refractivity contribution in [1.29, 1.82) is 0 Å². The number of benzene rings is 1. The molecule has 3 nitrogen and oxygen atoms in total. The molecule has 0 amide bonds. The highest BCUT2D eigenvalue weighted by molar-refractivity contribution is 9.10. The average molecular weight is 354 g/mol. The minimum Gasteiger partial charge on any atom is -0.312 e. The van der Waals surface area contributed by atoms with Gasteiger partial charge in [-0.2, -0.15) is 5.10 Å². The Morgan fingerprint density at radius 1 is 1.33 bits per heavy atom. The minimum absolute atomic E-state index is 0.235. The van der Waals surface area contributed by atoms with E-state index in [1.165, 1.54) is 17.7 Å². The van der Waals surface area contributed by atoms with Crippen LogP contribution in [-0.2, 0) is 13.1 Å². The molecule has 2 aromatic rings. The lowest BCUT2D eigenvalue weighted by Gasteiger charge is -2.06. The number of hydrogen-bond donors (Lipinski definition) is 1. The molecule has 0 spiro atoms. The zero-order valence-electron chi connectivity index (χ0n) is 12.7. The number of halogens is 2. The molecule has 0 bridgehead atoms. The van der Waals surface area contributed by atoms with Crippen LogP contribution in [0.4, 0.5) is 4.39 Å². The highest BCUT2D eigenvalue weighted by Crippen LogP contribution is 2.19. The number of hydrogen-bond acceptors (Lipinski definition) is 2. The lowest BCUT2D eigenvalue weighted by atomic mass is 10.2. The molecule has 1 aromatic carbocycles. The lowest BCUT2D eigenvalue weighted by molar-refractivity contribution is 0.551. The van der Waals surface area contributed by atoms with Crippen LogP contribution in [0.1, 0.15) is 30.7 Å². The zero-order chi connectivity index (χ0) is 15.4. The number of aromatic nitrogens is 2. The van der Waals surface area contributed by atoms with E-state index in [1.54, 1.807) is 6.07 Å². The third kappa shape index (κ3) is 4.64. The third-order valence-electron chi connectivity index (χ3n) is 3.26. The summed E-state index contributed by atoms with van der Waals surface area (Å²) >= 11 is 3.39. The Morgan fingerprint density at radius 3 is 2.76 bits per heavy atom. The van der Waals surface area contributed by atoms with Gasteiger partial charge in [0.15, 0.2) is 0 Å². The molecule has 0 fully saturated rings. The summed E-state index contributed by atoms with van der Waals surface area (Å²) in [6.45, 7) is 8.85. The van der Waals surface area contributed by atoms with Gasteiger partial charge >= 0.3 is 0 Å². The van der Waals surface area contributed by atoms with Gasteiger partial charge in [0, 0.05) is 22.8 Å². The Hall–Kier alpha value is -1.20. The van der Waals surface area contributed by atoms with Crippen molar-refractivity contribution in [1.82, 2.24) is 15.1 Å². The van der Waals surface area contributed by atoms with Gasteiger partial charge in [0.1, 0.15) is 5.82 Å². The third-order valence-corrected chi connectivity index (χ3v) is 4.00. The molecule has 0 aliphatic rings. The minimum atomic E-state index is -0.235. The summed E-state index contributed by atoms with van der Waals surface area (Å²) in [4.78, 5) is 0. The highest BCUT2D eigenvalue weighted by Gasteiger charge is 2.08. The van der Waals surface area contributed by atoms with Gasteiger partial charge in [0.2, 0.25) is 0 Å². The maximum Gasteiger partial charge on any atom is 0.124 e. The van der Waals surface area contributed by atoms with Crippen LogP contribution in [0.15, 0.2) is 28.9 Å². The SMILES string of the molecule is Cc1nn(Cc2ccc(F)cc2Br)cc1CNCC(C)C. The molecule has 0 radical (unpaired) electrons. The van der Waals surface area contributed by atoms with Gasteiger partial charge in [-0.3, -0.25) is 4.68 Å². The van der Waals surface area contributed by atoms with Crippen LogP contribution in [0.2, 0.25) is 0 Å². The summed E-state index contributed by atoms with van der Waals surface area (Å²) in [6.07, 6.45) is 2.05. The fourth-order valence-corrected chi connectivity index (χ4v) is 2.61. The number of rotatable bonds is 6. The normalized spacial score (nSPS) is 11.3. The highest BCUT2D eigenvalue weighted by atomic mass is 79.9. The van der Waals surface area contributed by atoms with E-state index in [0.717, 1.165) is 28.8 Å². The van der Waals surface area contributed by atoms with Gasteiger partial charge in [0.25, 0.3) is 0 Å². The summed E-state index contributed by atoms with van der Waals surface area (Å²) in [6, 6.07) is 4.74. The van der Waals surface area contributed by atoms with Crippen molar-refractivity contribution in [2.75, 3.05) is 6.54 Å². The molecule has 0 unspecified atom stereocenters. The number of aryl methyl sites for hydroxylation is 1. The lowest BCUT2D eigenvalue weighted by Crippen LogP contribution is -2.19. The molecule has 0 aliphatic carbocycles. The summed E-state index contributed by atoms with van der Waals surface area (Å²) in [5.74, 6) is 0.399. The molecule has 0 saturated carbocycles. The molecule has 0 saturated heterocycles. The van der Waals surface area contributed by atoms with E-state index in [-0.39, 0.29) is 5.82 Å². The predicted molar refractivity (Wildman–Crippen MR) is 86.7 cm³/mol. The van der Waals surface area contributed by atoms with E-state index in [2.05, 4.69) is 46.4 Å². The van der Waals surface area contributed by atoms with Crippen LogP contribution in [0.25, 0.3) is 0 Å². The second-order valence-electron chi connectivity index (χ2n) is 5.70. The molecule has 21 heavy (non-hydrogen) atoms. The topological polar surface area (TPSA) is 29.9 Å². The first-order valence-electron chi connectivity index (χ1n) is 7.13. The fraction of sp³-hybridized carbons (Fsp3) is 0.438. The van der Waals surface area contributed by atoms with Crippen molar-refractivity contribution < 1.29 is 4.39 Å². The van der Waals surface area contributed by atoms with Crippen molar-refractivity contribution in [2.24, 2.45) is 5.92 Å². The standard InChI is InChI=1S/C16H21BrFN3/c1-11(2)7-19-8-14-10-21(20-12(14)3)9-13-4-5-15(18)6-16(13)17/h4-6,10-11,19H,7-9H2,1-3H3. The van der Waals surface area contributed by atoms with E-state index in [4.69, 9.17) is 0 Å². The molecule has 114 valence electrons. The Labute approximate surface area is 133 Å². The summed E-state index contributed by atoms with van der Waals surface area (Å²) in [5.41, 5.74) is 3.25. The first-order chi connectivity index (χ1) is 9.95. The molecular formula is C16H21BrFN3. The van der Waals surface area contributed by atoms with E-state index in [1.807, 2.05) is 11.6 Å². The van der Waals surface area contributed by atoms with Crippen molar-refractivity contribution >= 4 is 15.9 Å². The molecule has 1 aromatic heterocycles. The Morgan fingerprint density at radius 2 is 2.10 bits per heavy atom. The second-order valence-corrected chi connectivity index (χ2v) is 6.55. The Kier molecular flexibility index (Phi) is 5.53. The van der Waals surface area contributed by atoms with Crippen molar-refractivity contribution in [3.63, 3.8) is 0 Å². The maximum atomic E-state index is 13.1. The predicted octanol–water partition coefficient (Wildman–Crippen LogP) is 3.89. The quantitative estimate of drug-likeness (QED) is 0.853. The van der Waals surface area contributed by atoms with Crippen LogP contribution < -0.4 is 5.32 Å². The maximum absolute atomic E-state index is 13.1. The van der Waals surface area contributed by atoms with Crippen LogP contribution in [0.5, 0.6) is 0 Å². The zero-order valence-corrected chi connectivity index (χ0v) is 14.2. The van der Waals surface area contributed by atoms with E-state index in [9.17, 15) is 4.39 Å². The molecule has 5 heteroatoms. The first kappa shape index (κ1) is 16.2. The monoisotopic (exact) mass is 353 g/mol. The van der Waals surface area contributed by atoms with Crippen LogP contribution in [0.3, 0.4) is 0 Å². The summed E-state index contributed by atoms with van der Waals surface area (Å²) in [5, 5.41) is 7.96. The largest absolute Gasteiger partial charge is 0.312 e. The van der Waals surface area contributed by atoms with Gasteiger partial charge in [-0.05, 0) is 37.1 Å². The molecule has 0 aliphatic heterocycles. The van der Waals surface area contributed by atoms with Crippen LogP contribution >= 0.6 is 15.9 Å². The Balaban J connectivity index is 2.04. The molecule has 0 atom stereocenters. The smallest absolute Gasteiger partial charge is 0.124 e. The van der Waals surface area contributed by atoms with E-state index < -0.39 is 0 Å². The van der Waals surface area contributed by atoms with Crippen molar-refractivity contribution in [2.45, 2.75) is 33.9 Å². The Bertz CT molecular complexity index is 608. The molecule has 1 N–H and O–H groups in total. The van der Waals surface area contributed by atoms with Crippen molar-refractivity contribution in [3.8, 4) is 0 Å². The van der Waals surface area contributed by atoms with E-state index in [0.29, 0.717) is 12.5 Å². The summed E-state index contributed by atoms with van der Waals surface area (Å²) in [7, 11) is 0. The van der Waals surface area contributed by atoms with Crippen molar-refractivity contribution in [3.05, 3.63) is 51.5 Å². The first-order valence-corrected chi connectivity index (χ1v) is 7.92. The van der Waals surface area contributed by atoms with Gasteiger partial charge in [0.05, 0.1) is 12.2 Å². The molecule has 2 rings (SSSR count).